The maximum Gasteiger partial charge on any atom is 0.00695 e. The fourth-order valence-electron chi connectivity index (χ4n) is 2.66. The van der Waals surface area contributed by atoms with E-state index in [0.717, 1.165) is 0 Å². The summed E-state index contributed by atoms with van der Waals surface area (Å²) in [5, 5.41) is 0. The predicted molar refractivity (Wildman–Crippen MR) is 85.5 cm³/mol. The van der Waals surface area contributed by atoms with E-state index in [1.165, 1.54) is 46.4 Å². The molecule has 96 valence electrons. The third-order valence-electron chi connectivity index (χ3n) is 3.74. The van der Waals surface area contributed by atoms with E-state index < -0.39 is 0 Å². The Hall–Kier alpha value is -1.47. The molecule has 1 heteroatoms. The topological polar surface area (TPSA) is 0 Å². The Labute approximate surface area is 119 Å². The summed E-state index contributed by atoms with van der Waals surface area (Å²) < 4.78 is 0. The maximum absolute atomic E-state index is 2.37. The van der Waals surface area contributed by atoms with Gasteiger partial charge in [-0.1, -0.05) is 42.5 Å². The van der Waals surface area contributed by atoms with Crippen molar-refractivity contribution in [3.8, 4) is 0 Å². The smallest absolute Gasteiger partial charge is 0.00695 e. The van der Waals surface area contributed by atoms with Crippen LogP contribution >= 0.6 is 11.8 Å². The van der Waals surface area contributed by atoms with Gasteiger partial charge in [0, 0.05) is 4.90 Å². The van der Waals surface area contributed by atoms with Crippen LogP contribution in [-0.2, 0) is 6.42 Å². The molecule has 0 atom stereocenters. The standard InChI is InChI=1S/C18H18S/c1-19-18-11-9-15(10-12-18)17-8-4-7-14-5-2-3-6-16(14)13-17/h2-3,5-6,9-13H,4,7-8H2,1H3. The van der Waals surface area contributed by atoms with Crippen LogP contribution in [0.25, 0.3) is 11.6 Å². The monoisotopic (exact) mass is 266 g/mol. The fourth-order valence-corrected chi connectivity index (χ4v) is 3.07. The molecular formula is C18H18S. The van der Waals surface area contributed by atoms with Gasteiger partial charge in [0.15, 0.2) is 0 Å². The van der Waals surface area contributed by atoms with Crippen LogP contribution in [0.1, 0.15) is 29.5 Å². The van der Waals surface area contributed by atoms with Gasteiger partial charge in [-0.05, 0) is 59.9 Å². The molecule has 0 saturated carbocycles. The fraction of sp³-hybridized carbons (Fsp3) is 0.222. The summed E-state index contributed by atoms with van der Waals surface area (Å²) in [6, 6.07) is 17.7. The van der Waals surface area contributed by atoms with Gasteiger partial charge in [0.05, 0.1) is 0 Å². The zero-order chi connectivity index (χ0) is 13.1. The third kappa shape index (κ3) is 2.76. The van der Waals surface area contributed by atoms with Crippen molar-refractivity contribution in [2.45, 2.75) is 24.2 Å². The Morgan fingerprint density at radius 1 is 0.895 bits per heavy atom. The lowest BCUT2D eigenvalue weighted by Gasteiger charge is -2.06. The molecule has 2 aromatic rings. The summed E-state index contributed by atoms with van der Waals surface area (Å²) in [5.74, 6) is 0. The Kier molecular flexibility index (Phi) is 3.74. The average molecular weight is 266 g/mol. The van der Waals surface area contributed by atoms with E-state index in [-0.39, 0.29) is 0 Å². The van der Waals surface area contributed by atoms with E-state index in [0.29, 0.717) is 0 Å². The molecule has 0 aliphatic heterocycles. The Balaban J connectivity index is 1.98. The van der Waals surface area contributed by atoms with E-state index in [4.69, 9.17) is 0 Å². The summed E-state index contributed by atoms with van der Waals surface area (Å²) >= 11 is 1.80. The molecule has 0 radical (unpaired) electrons. The van der Waals surface area contributed by atoms with E-state index in [2.05, 4.69) is 60.9 Å². The first kappa shape index (κ1) is 12.6. The molecule has 0 nitrogen and oxygen atoms in total. The Morgan fingerprint density at radius 3 is 2.47 bits per heavy atom. The second-order valence-corrected chi connectivity index (χ2v) is 5.83. The van der Waals surface area contributed by atoms with Crippen molar-refractivity contribution in [3.05, 3.63) is 65.2 Å². The van der Waals surface area contributed by atoms with Gasteiger partial charge in [-0.2, -0.15) is 0 Å². The molecule has 2 aromatic carbocycles. The van der Waals surface area contributed by atoms with Crippen LogP contribution in [0.4, 0.5) is 0 Å². The van der Waals surface area contributed by atoms with Crippen molar-refractivity contribution >= 4 is 23.4 Å². The van der Waals surface area contributed by atoms with Gasteiger partial charge < -0.3 is 0 Å². The van der Waals surface area contributed by atoms with E-state index >= 15 is 0 Å². The first-order valence-electron chi connectivity index (χ1n) is 6.80. The number of thioether (sulfide) groups is 1. The molecule has 0 aromatic heterocycles. The number of hydrogen-bond donors (Lipinski definition) is 0. The number of aryl methyl sites for hydroxylation is 1. The third-order valence-corrected chi connectivity index (χ3v) is 4.48. The van der Waals surface area contributed by atoms with Crippen LogP contribution in [0.5, 0.6) is 0 Å². The molecule has 0 spiro atoms. The lowest BCUT2D eigenvalue weighted by Crippen LogP contribution is -1.85. The van der Waals surface area contributed by atoms with Gasteiger partial charge in [0.25, 0.3) is 0 Å². The summed E-state index contributed by atoms with van der Waals surface area (Å²) in [6.45, 7) is 0. The van der Waals surface area contributed by atoms with Gasteiger partial charge in [0.2, 0.25) is 0 Å². The first-order chi connectivity index (χ1) is 9.36. The highest BCUT2D eigenvalue weighted by molar-refractivity contribution is 7.98. The van der Waals surface area contributed by atoms with Gasteiger partial charge in [0.1, 0.15) is 0 Å². The lowest BCUT2D eigenvalue weighted by molar-refractivity contribution is 0.860. The molecule has 1 aliphatic rings. The molecule has 0 saturated heterocycles. The summed E-state index contributed by atoms with van der Waals surface area (Å²) in [5.41, 5.74) is 5.72. The zero-order valence-electron chi connectivity index (χ0n) is 11.2. The highest BCUT2D eigenvalue weighted by Crippen LogP contribution is 2.30. The van der Waals surface area contributed by atoms with Crippen LogP contribution in [0, 0.1) is 0 Å². The van der Waals surface area contributed by atoms with Crippen LogP contribution in [-0.4, -0.2) is 6.26 Å². The van der Waals surface area contributed by atoms with E-state index in [1.54, 1.807) is 11.8 Å². The van der Waals surface area contributed by atoms with Crippen molar-refractivity contribution in [1.82, 2.24) is 0 Å². The minimum absolute atomic E-state index is 1.17. The Morgan fingerprint density at radius 2 is 1.68 bits per heavy atom. The van der Waals surface area contributed by atoms with Crippen LogP contribution in [0.15, 0.2) is 53.4 Å². The van der Waals surface area contributed by atoms with Crippen LogP contribution in [0.2, 0.25) is 0 Å². The number of allylic oxidation sites excluding steroid dienone is 1. The zero-order valence-corrected chi connectivity index (χ0v) is 12.0. The summed E-state index contributed by atoms with van der Waals surface area (Å²) in [4.78, 5) is 1.33. The lowest BCUT2D eigenvalue weighted by atomic mass is 10.0. The van der Waals surface area contributed by atoms with Crippen molar-refractivity contribution in [1.29, 1.82) is 0 Å². The van der Waals surface area contributed by atoms with E-state index in [9.17, 15) is 0 Å². The molecular weight excluding hydrogens is 248 g/mol. The molecule has 0 fully saturated rings. The predicted octanol–water partition coefficient (Wildman–Crippen LogP) is 5.29. The van der Waals surface area contributed by atoms with Crippen molar-refractivity contribution < 1.29 is 0 Å². The molecule has 19 heavy (non-hydrogen) atoms. The minimum atomic E-state index is 1.17. The largest absolute Gasteiger partial charge is 0.130 e. The molecule has 0 unspecified atom stereocenters. The van der Waals surface area contributed by atoms with Crippen molar-refractivity contribution in [3.63, 3.8) is 0 Å². The highest BCUT2D eigenvalue weighted by Gasteiger charge is 2.09. The summed E-state index contributed by atoms with van der Waals surface area (Å²) in [6.07, 6.45) is 8.10. The van der Waals surface area contributed by atoms with Gasteiger partial charge in [-0.15, -0.1) is 11.8 Å². The second-order valence-electron chi connectivity index (χ2n) is 4.95. The molecule has 0 heterocycles. The number of hydrogen-bond acceptors (Lipinski definition) is 1. The van der Waals surface area contributed by atoms with Crippen molar-refractivity contribution in [2.24, 2.45) is 0 Å². The minimum Gasteiger partial charge on any atom is -0.130 e. The molecule has 0 amide bonds. The van der Waals surface area contributed by atoms with Crippen LogP contribution < -0.4 is 0 Å². The Bertz CT molecular complexity index is 593. The average Bonchev–Trinajstić information content (AvgIpc) is 2.69. The van der Waals surface area contributed by atoms with Crippen LogP contribution in [0.3, 0.4) is 0 Å². The molecule has 0 bridgehead atoms. The highest BCUT2D eigenvalue weighted by atomic mass is 32.2. The van der Waals surface area contributed by atoms with Gasteiger partial charge >= 0.3 is 0 Å². The molecule has 0 N–H and O–H groups in total. The number of fused-ring (bicyclic) bond motifs is 1. The van der Waals surface area contributed by atoms with Gasteiger partial charge in [-0.3, -0.25) is 0 Å². The van der Waals surface area contributed by atoms with Gasteiger partial charge in [-0.25, -0.2) is 0 Å². The van der Waals surface area contributed by atoms with Crippen molar-refractivity contribution in [2.75, 3.05) is 6.26 Å². The number of rotatable bonds is 2. The van der Waals surface area contributed by atoms with E-state index in [1.807, 2.05) is 0 Å². The second kappa shape index (κ2) is 5.66. The molecule has 1 aliphatic carbocycles. The normalized spacial score (nSPS) is 14.5. The summed E-state index contributed by atoms with van der Waals surface area (Å²) in [7, 11) is 0. The SMILES string of the molecule is CSc1ccc(C2=Cc3ccccc3CCC2)cc1. The number of benzene rings is 2. The molecule has 3 rings (SSSR count). The maximum atomic E-state index is 2.37. The first-order valence-corrected chi connectivity index (χ1v) is 8.02. The quantitative estimate of drug-likeness (QED) is 0.666.